The van der Waals surface area contributed by atoms with Crippen molar-refractivity contribution in [3.8, 4) is 33.8 Å². The highest BCUT2D eigenvalue weighted by atomic mass is 16.3. The molecule has 2 saturated carbocycles. The molecule has 1 atom stereocenters. The van der Waals surface area contributed by atoms with Gasteiger partial charge < -0.3 is 10.2 Å². The summed E-state index contributed by atoms with van der Waals surface area (Å²) in [5, 5.41) is 23.6. The second kappa shape index (κ2) is 10.2. The Balaban J connectivity index is 1.40. The first-order valence-electron chi connectivity index (χ1n) is 15.1. The van der Waals surface area contributed by atoms with Crippen LogP contribution in [0, 0.1) is 0 Å². The summed E-state index contributed by atoms with van der Waals surface area (Å²) in [4.78, 5) is 0. The molecule has 7 rings (SSSR count). The average Bonchev–Trinajstić information content (AvgIpc) is 3.33. The van der Waals surface area contributed by atoms with Crippen LogP contribution in [0.5, 0.6) is 11.5 Å². The van der Waals surface area contributed by atoms with Crippen molar-refractivity contribution in [2.45, 2.75) is 82.0 Å². The fourth-order valence-electron chi connectivity index (χ4n) is 7.90. The number of phenols is 2. The molecule has 2 N–H and O–H groups in total. The van der Waals surface area contributed by atoms with Crippen molar-refractivity contribution in [3.05, 3.63) is 107 Å². The highest BCUT2D eigenvalue weighted by Gasteiger charge is 2.35. The molecule has 0 radical (unpaired) electrons. The van der Waals surface area contributed by atoms with Gasteiger partial charge in [-0.25, -0.2) is 0 Å². The summed E-state index contributed by atoms with van der Waals surface area (Å²) < 4.78 is 0. The molecule has 0 aromatic heterocycles. The zero-order chi connectivity index (χ0) is 26.3. The van der Waals surface area contributed by atoms with Crippen molar-refractivity contribution in [2.75, 3.05) is 0 Å². The molecular formula is C37H38O2. The number of hydrogen-bond acceptors (Lipinski definition) is 2. The molecular weight excluding hydrogens is 476 g/mol. The Bertz CT molecular complexity index is 1500. The van der Waals surface area contributed by atoms with Crippen LogP contribution in [0.25, 0.3) is 22.3 Å². The van der Waals surface area contributed by atoms with Gasteiger partial charge in [0, 0.05) is 17.0 Å². The first-order chi connectivity index (χ1) is 19.2. The summed E-state index contributed by atoms with van der Waals surface area (Å²) in [6, 6.07) is 27.9. The molecule has 0 aliphatic heterocycles. The Hall–Kier alpha value is -3.52. The van der Waals surface area contributed by atoms with Gasteiger partial charge in [0.2, 0.25) is 0 Å². The first kappa shape index (κ1) is 24.5. The monoisotopic (exact) mass is 514 g/mol. The molecule has 0 spiro atoms. The summed E-state index contributed by atoms with van der Waals surface area (Å²) in [7, 11) is 0. The quantitative estimate of drug-likeness (QED) is 0.250. The van der Waals surface area contributed by atoms with Crippen LogP contribution in [0.2, 0.25) is 0 Å². The smallest absolute Gasteiger partial charge is 0.126 e. The van der Waals surface area contributed by atoms with E-state index in [1.54, 1.807) is 0 Å². The lowest BCUT2D eigenvalue weighted by atomic mass is 9.79. The maximum absolute atomic E-state index is 11.8. The Morgan fingerprint density at radius 2 is 0.872 bits per heavy atom. The van der Waals surface area contributed by atoms with Crippen molar-refractivity contribution in [1.29, 1.82) is 0 Å². The lowest BCUT2D eigenvalue weighted by molar-refractivity contribution is 0.411. The molecule has 39 heavy (non-hydrogen) atoms. The van der Waals surface area contributed by atoms with Crippen LogP contribution in [-0.2, 0) is 0 Å². The Labute approximate surface area is 232 Å². The van der Waals surface area contributed by atoms with Crippen molar-refractivity contribution < 1.29 is 10.2 Å². The van der Waals surface area contributed by atoms with Gasteiger partial charge in [-0.05, 0) is 76.5 Å². The number of para-hydroxylation sites is 2. The van der Waals surface area contributed by atoms with Crippen molar-refractivity contribution >= 4 is 0 Å². The number of aromatic hydroxyl groups is 2. The van der Waals surface area contributed by atoms with E-state index in [9.17, 15) is 10.2 Å². The lowest BCUT2D eigenvalue weighted by Crippen LogP contribution is -2.08. The van der Waals surface area contributed by atoms with Gasteiger partial charge in [0.25, 0.3) is 0 Å². The lowest BCUT2D eigenvalue weighted by Gasteiger charge is -2.26. The maximum atomic E-state index is 11.8. The van der Waals surface area contributed by atoms with Gasteiger partial charge in [-0.2, -0.15) is 0 Å². The van der Waals surface area contributed by atoms with E-state index in [2.05, 4.69) is 78.9 Å². The van der Waals surface area contributed by atoms with Crippen molar-refractivity contribution in [3.63, 3.8) is 0 Å². The van der Waals surface area contributed by atoms with Gasteiger partial charge in [0.05, 0.1) is 0 Å². The zero-order valence-corrected chi connectivity index (χ0v) is 22.7. The summed E-state index contributed by atoms with van der Waals surface area (Å²) >= 11 is 0. The van der Waals surface area contributed by atoms with Gasteiger partial charge in [0.15, 0.2) is 0 Å². The van der Waals surface area contributed by atoms with Crippen LogP contribution < -0.4 is 0 Å². The number of fused-ring (bicyclic) bond motifs is 3. The maximum Gasteiger partial charge on any atom is 0.126 e. The molecule has 2 nitrogen and oxygen atoms in total. The highest BCUT2D eigenvalue weighted by molar-refractivity contribution is 5.90. The molecule has 2 heteroatoms. The molecule has 2 fully saturated rings. The van der Waals surface area contributed by atoms with Gasteiger partial charge in [-0.1, -0.05) is 117 Å². The predicted octanol–water partition coefficient (Wildman–Crippen LogP) is 10.0. The van der Waals surface area contributed by atoms with Crippen LogP contribution in [0.3, 0.4) is 0 Å². The number of rotatable bonds is 4. The molecule has 3 aliphatic rings. The second-order valence-electron chi connectivity index (χ2n) is 12.0. The molecule has 4 aromatic carbocycles. The summed E-state index contributed by atoms with van der Waals surface area (Å²) in [6.45, 7) is 0. The minimum Gasteiger partial charge on any atom is -0.507 e. The Kier molecular flexibility index (Phi) is 6.43. The van der Waals surface area contributed by atoms with Crippen LogP contribution in [0.1, 0.15) is 110 Å². The minimum atomic E-state index is -0.0753. The van der Waals surface area contributed by atoms with Gasteiger partial charge in [0.1, 0.15) is 11.5 Å². The average molecular weight is 515 g/mol. The Morgan fingerprint density at radius 1 is 0.410 bits per heavy atom. The summed E-state index contributed by atoms with van der Waals surface area (Å²) in [5.41, 5.74) is 10.0. The summed E-state index contributed by atoms with van der Waals surface area (Å²) in [5.74, 6) is 1.69. The summed E-state index contributed by atoms with van der Waals surface area (Å²) in [6.07, 6.45) is 12.2. The molecule has 4 aromatic rings. The van der Waals surface area contributed by atoms with Crippen molar-refractivity contribution in [1.82, 2.24) is 0 Å². The van der Waals surface area contributed by atoms with Gasteiger partial charge >= 0.3 is 0 Å². The van der Waals surface area contributed by atoms with Gasteiger partial charge in [-0.3, -0.25) is 0 Å². The predicted molar refractivity (Wildman–Crippen MR) is 160 cm³/mol. The van der Waals surface area contributed by atoms with E-state index in [1.807, 2.05) is 0 Å². The Morgan fingerprint density at radius 3 is 1.56 bits per heavy atom. The molecule has 0 heterocycles. The van der Waals surface area contributed by atoms with E-state index >= 15 is 0 Å². The zero-order valence-electron chi connectivity index (χ0n) is 22.7. The molecule has 1 unspecified atom stereocenters. The first-order valence-corrected chi connectivity index (χ1v) is 15.1. The highest BCUT2D eigenvalue weighted by Crippen LogP contribution is 2.55. The van der Waals surface area contributed by atoms with E-state index in [1.165, 1.54) is 60.8 Å². The van der Waals surface area contributed by atoms with E-state index in [-0.39, 0.29) is 5.92 Å². The second-order valence-corrected chi connectivity index (χ2v) is 12.0. The van der Waals surface area contributed by atoms with E-state index < -0.39 is 0 Å². The fourth-order valence-corrected chi connectivity index (χ4v) is 7.90. The SMILES string of the molecule is Oc1c(-c2cccc3c2C(c2cccc(C4CCCCC4)c2O)c2ccccc2-3)cccc1C1CCCCC1. The third-order valence-corrected chi connectivity index (χ3v) is 9.81. The van der Waals surface area contributed by atoms with Gasteiger partial charge in [-0.15, -0.1) is 0 Å². The van der Waals surface area contributed by atoms with Crippen LogP contribution in [0.4, 0.5) is 0 Å². The third-order valence-electron chi connectivity index (χ3n) is 9.81. The molecule has 3 aliphatic carbocycles. The fraction of sp³-hybridized carbons (Fsp3) is 0.351. The topological polar surface area (TPSA) is 40.5 Å². The number of phenolic OH excluding ortho intramolecular Hbond substituents is 2. The number of hydrogen-bond donors (Lipinski definition) is 2. The molecule has 0 bridgehead atoms. The van der Waals surface area contributed by atoms with Crippen molar-refractivity contribution in [2.24, 2.45) is 0 Å². The van der Waals surface area contributed by atoms with E-state index in [0.29, 0.717) is 23.3 Å². The molecule has 0 saturated heterocycles. The van der Waals surface area contributed by atoms with E-state index in [4.69, 9.17) is 0 Å². The normalized spacial score (nSPS) is 19.5. The van der Waals surface area contributed by atoms with Crippen LogP contribution >= 0.6 is 0 Å². The molecule has 198 valence electrons. The van der Waals surface area contributed by atoms with Crippen LogP contribution in [-0.4, -0.2) is 10.2 Å². The molecule has 0 amide bonds. The largest absolute Gasteiger partial charge is 0.507 e. The minimum absolute atomic E-state index is 0.0753. The van der Waals surface area contributed by atoms with Crippen LogP contribution in [0.15, 0.2) is 78.9 Å². The van der Waals surface area contributed by atoms with E-state index in [0.717, 1.165) is 53.5 Å². The third kappa shape index (κ3) is 4.16. The standard InChI is InChI=1S/C37H38O2/c38-36-26(24-12-3-1-4-13-24)18-9-22-32(36)31-21-11-20-30-28-16-7-8-17-29(28)35(34(30)31)33-23-10-19-27(37(33)39)25-14-5-2-6-15-25/h7-11,16-25,35,38-39H,1-6,12-15H2. The number of benzene rings is 4.